The summed E-state index contributed by atoms with van der Waals surface area (Å²) in [5.41, 5.74) is -1.21. The van der Waals surface area contributed by atoms with E-state index in [-0.39, 0.29) is 18.8 Å². The minimum absolute atomic E-state index is 0.184. The van der Waals surface area contributed by atoms with Gasteiger partial charge in [-0.05, 0) is 0 Å². The van der Waals surface area contributed by atoms with Crippen LogP contribution in [0.2, 0.25) is 0 Å². The molecule has 0 N–H and O–H groups in total. The number of rotatable bonds is 2. The largest absolute Gasteiger partial charge is 0.378 e. The zero-order valence-electron chi connectivity index (χ0n) is 12.4. The van der Waals surface area contributed by atoms with E-state index in [2.05, 4.69) is 0 Å². The van der Waals surface area contributed by atoms with Gasteiger partial charge in [0, 0.05) is 26.2 Å². The van der Waals surface area contributed by atoms with Crippen molar-refractivity contribution in [2.24, 2.45) is 0 Å². The number of nitrogens with zero attached hydrogens (tertiary/aromatic N) is 3. The number of ether oxygens (including phenoxy) is 2. The van der Waals surface area contributed by atoms with Crippen molar-refractivity contribution < 1.29 is 22.6 Å². The van der Waals surface area contributed by atoms with Crippen molar-refractivity contribution in [1.29, 1.82) is 5.26 Å². The molecule has 3 rings (SSSR count). The van der Waals surface area contributed by atoms with Crippen molar-refractivity contribution in [1.82, 2.24) is 0 Å². The molecular weight excluding hydrogens is 311 g/mol. The predicted octanol–water partition coefficient (Wildman–Crippen LogP) is 1.65. The van der Waals surface area contributed by atoms with Crippen LogP contribution in [0.15, 0.2) is 0 Å². The Morgan fingerprint density at radius 1 is 0.739 bits per heavy atom. The van der Waals surface area contributed by atoms with Gasteiger partial charge in [-0.3, -0.25) is 0 Å². The first-order valence-corrected chi connectivity index (χ1v) is 7.41. The standard InChI is InChI=1S/C15H16F3N3O2/c16-11-10(9-19)14(20-1-5-22-6-2-20)13(18)15(12(11)17)21-3-7-23-8-4-21/h1-8H2. The van der Waals surface area contributed by atoms with E-state index >= 15 is 4.39 Å². The first-order chi connectivity index (χ1) is 11.1. The summed E-state index contributed by atoms with van der Waals surface area (Å²) in [6, 6.07) is 1.59. The molecule has 2 heterocycles. The molecule has 23 heavy (non-hydrogen) atoms. The zero-order chi connectivity index (χ0) is 16.4. The van der Waals surface area contributed by atoms with E-state index < -0.39 is 28.7 Å². The molecular formula is C15H16F3N3O2. The van der Waals surface area contributed by atoms with Crippen LogP contribution in [0.25, 0.3) is 0 Å². The molecule has 2 saturated heterocycles. The molecule has 0 amide bonds. The molecule has 0 spiro atoms. The third-order valence-electron chi connectivity index (χ3n) is 4.04. The highest BCUT2D eigenvalue weighted by Gasteiger charge is 2.32. The van der Waals surface area contributed by atoms with E-state index in [4.69, 9.17) is 14.7 Å². The van der Waals surface area contributed by atoms with Gasteiger partial charge in [0.15, 0.2) is 17.5 Å². The number of hydrogen-bond acceptors (Lipinski definition) is 5. The van der Waals surface area contributed by atoms with E-state index in [0.717, 1.165) is 0 Å². The van der Waals surface area contributed by atoms with Crippen molar-refractivity contribution in [3.63, 3.8) is 0 Å². The Balaban J connectivity index is 2.13. The molecule has 8 heteroatoms. The van der Waals surface area contributed by atoms with Crippen molar-refractivity contribution in [3.05, 3.63) is 23.0 Å². The van der Waals surface area contributed by atoms with Gasteiger partial charge in [0.25, 0.3) is 0 Å². The Kier molecular flexibility index (Phi) is 4.59. The summed E-state index contributed by atoms with van der Waals surface area (Å²) in [5, 5.41) is 9.17. The number of anilines is 2. The second-order valence-electron chi connectivity index (χ2n) is 5.32. The Morgan fingerprint density at radius 3 is 1.70 bits per heavy atom. The van der Waals surface area contributed by atoms with E-state index in [0.29, 0.717) is 39.5 Å². The third-order valence-corrected chi connectivity index (χ3v) is 4.04. The molecule has 0 aliphatic carbocycles. The van der Waals surface area contributed by atoms with E-state index in [1.807, 2.05) is 0 Å². The van der Waals surface area contributed by atoms with Crippen LogP contribution in [0, 0.1) is 28.8 Å². The summed E-state index contributed by atoms with van der Waals surface area (Å²) in [4.78, 5) is 2.95. The summed E-state index contributed by atoms with van der Waals surface area (Å²) < 4.78 is 54.0. The van der Waals surface area contributed by atoms with Crippen molar-refractivity contribution in [2.75, 3.05) is 62.4 Å². The molecule has 2 aliphatic rings. The SMILES string of the molecule is N#Cc1c(F)c(F)c(N2CCOCC2)c(F)c1N1CCOCC1. The fraction of sp³-hybridized carbons (Fsp3) is 0.533. The summed E-state index contributed by atoms with van der Waals surface area (Å²) in [6.07, 6.45) is 0. The molecule has 1 aromatic rings. The van der Waals surface area contributed by atoms with Gasteiger partial charge in [0.1, 0.15) is 17.3 Å². The van der Waals surface area contributed by atoms with Crippen molar-refractivity contribution in [2.45, 2.75) is 0 Å². The predicted molar refractivity (Wildman–Crippen MR) is 77.1 cm³/mol. The number of hydrogen-bond donors (Lipinski definition) is 0. The van der Waals surface area contributed by atoms with E-state index in [1.54, 1.807) is 6.07 Å². The Bertz CT molecular complexity index is 636. The maximum Gasteiger partial charge on any atom is 0.186 e. The quantitative estimate of drug-likeness (QED) is 0.773. The van der Waals surface area contributed by atoms with Crippen LogP contribution in [0.1, 0.15) is 5.56 Å². The van der Waals surface area contributed by atoms with E-state index in [1.165, 1.54) is 9.80 Å². The average Bonchev–Trinajstić information content (AvgIpc) is 2.59. The highest BCUT2D eigenvalue weighted by atomic mass is 19.2. The molecule has 0 bridgehead atoms. The van der Waals surface area contributed by atoms with Crippen LogP contribution >= 0.6 is 0 Å². The topological polar surface area (TPSA) is 48.7 Å². The summed E-state index contributed by atoms with van der Waals surface area (Å²) >= 11 is 0. The Hall–Kier alpha value is -1.98. The first-order valence-electron chi connectivity index (χ1n) is 7.41. The monoisotopic (exact) mass is 327 g/mol. The lowest BCUT2D eigenvalue weighted by Crippen LogP contribution is -2.40. The average molecular weight is 327 g/mol. The summed E-state index contributed by atoms with van der Waals surface area (Å²) in [6.45, 7) is 2.48. The fourth-order valence-corrected chi connectivity index (χ4v) is 2.89. The molecule has 0 saturated carbocycles. The summed E-state index contributed by atoms with van der Waals surface area (Å²) in [5.74, 6) is -3.53. The molecule has 2 aliphatic heterocycles. The van der Waals surface area contributed by atoms with Gasteiger partial charge >= 0.3 is 0 Å². The second kappa shape index (κ2) is 6.64. The second-order valence-corrected chi connectivity index (χ2v) is 5.32. The number of halogens is 3. The molecule has 5 nitrogen and oxygen atoms in total. The van der Waals surface area contributed by atoms with Crippen LogP contribution in [0.5, 0.6) is 0 Å². The number of nitriles is 1. The Morgan fingerprint density at radius 2 is 1.22 bits per heavy atom. The fourth-order valence-electron chi connectivity index (χ4n) is 2.89. The normalized spacial score (nSPS) is 18.9. The minimum atomic E-state index is -1.32. The lowest BCUT2D eigenvalue weighted by Gasteiger charge is -2.34. The van der Waals surface area contributed by atoms with Crippen LogP contribution in [0.4, 0.5) is 24.5 Å². The van der Waals surface area contributed by atoms with E-state index in [9.17, 15) is 8.78 Å². The number of morpholine rings is 2. The Labute approximate surface area is 131 Å². The third kappa shape index (κ3) is 2.82. The van der Waals surface area contributed by atoms with Gasteiger partial charge < -0.3 is 19.3 Å². The molecule has 0 unspecified atom stereocenters. The van der Waals surface area contributed by atoms with Crippen LogP contribution in [-0.2, 0) is 9.47 Å². The van der Waals surface area contributed by atoms with Crippen molar-refractivity contribution >= 4 is 11.4 Å². The maximum atomic E-state index is 15.0. The highest BCUT2D eigenvalue weighted by molar-refractivity contribution is 5.70. The highest BCUT2D eigenvalue weighted by Crippen LogP contribution is 2.37. The van der Waals surface area contributed by atoms with Crippen molar-refractivity contribution in [3.8, 4) is 6.07 Å². The molecule has 124 valence electrons. The molecule has 0 atom stereocenters. The lowest BCUT2D eigenvalue weighted by molar-refractivity contribution is 0.121. The van der Waals surface area contributed by atoms with Gasteiger partial charge in [0.05, 0.1) is 32.1 Å². The van der Waals surface area contributed by atoms with Gasteiger partial charge in [-0.15, -0.1) is 0 Å². The lowest BCUT2D eigenvalue weighted by atomic mass is 10.1. The maximum absolute atomic E-state index is 15.0. The zero-order valence-corrected chi connectivity index (χ0v) is 12.4. The van der Waals surface area contributed by atoms with Crippen LogP contribution < -0.4 is 9.80 Å². The van der Waals surface area contributed by atoms with Crippen LogP contribution in [-0.4, -0.2) is 52.6 Å². The summed E-state index contributed by atoms with van der Waals surface area (Å²) in [7, 11) is 0. The smallest absolute Gasteiger partial charge is 0.186 e. The first kappa shape index (κ1) is 15.9. The molecule has 0 aromatic heterocycles. The molecule has 1 aromatic carbocycles. The number of benzene rings is 1. The van der Waals surface area contributed by atoms with Gasteiger partial charge in [0.2, 0.25) is 0 Å². The molecule has 0 radical (unpaired) electrons. The van der Waals surface area contributed by atoms with Gasteiger partial charge in [-0.2, -0.15) is 5.26 Å². The van der Waals surface area contributed by atoms with Gasteiger partial charge in [-0.25, -0.2) is 13.2 Å². The van der Waals surface area contributed by atoms with Crippen LogP contribution in [0.3, 0.4) is 0 Å². The molecule has 2 fully saturated rings. The minimum Gasteiger partial charge on any atom is -0.378 e. The van der Waals surface area contributed by atoms with Gasteiger partial charge in [-0.1, -0.05) is 0 Å².